The molecule has 0 fully saturated rings. The van der Waals surface area contributed by atoms with Crippen molar-refractivity contribution in [2.24, 2.45) is 5.10 Å². The number of aromatic nitrogens is 2. The van der Waals surface area contributed by atoms with Gasteiger partial charge in [-0.05, 0) is 36.8 Å². The van der Waals surface area contributed by atoms with Gasteiger partial charge in [-0.1, -0.05) is 78.3 Å². The summed E-state index contributed by atoms with van der Waals surface area (Å²) in [4.78, 5) is 0. The Kier molecular flexibility index (Phi) is 5.73. The Labute approximate surface area is 175 Å². The molecule has 0 spiro atoms. The third-order valence-electron chi connectivity index (χ3n) is 4.60. The Morgan fingerprint density at radius 2 is 1.48 bits per heavy atom. The van der Waals surface area contributed by atoms with E-state index in [0.717, 1.165) is 22.6 Å². The van der Waals surface area contributed by atoms with E-state index in [0.29, 0.717) is 11.7 Å². The van der Waals surface area contributed by atoms with Crippen molar-refractivity contribution in [1.29, 1.82) is 0 Å². The molecule has 0 radical (unpaired) electrons. The molecular formula is C24H21ClN4. The van der Waals surface area contributed by atoms with Crippen LogP contribution in [0.15, 0.2) is 96.1 Å². The lowest BCUT2D eigenvalue weighted by Gasteiger charge is -2.19. The van der Waals surface area contributed by atoms with Gasteiger partial charge >= 0.3 is 0 Å². The summed E-state index contributed by atoms with van der Waals surface area (Å²) >= 11 is 6.64. The lowest BCUT2D eigenvalue weighted by atomic mass is 10.2. The number of hydrogen-bond acceptors (Lipinski definition) is 3. The van der Waals surface area contributed by atoms with Crippen molar-refractivity contribution < 1.29 is 0 Å². The molecule has 0 saturated heterocycles. The predicted molar refractivity (Wildman–Crippen MR) is 120 cm³/mol. The highest BCUT2D eigenvalue weighted by molar-refractivity contribution is 6.32. The Bertz CT molecular complexity index is 1090. The summed E-state index contributed by atoms with van der Waals surface area (Å²) in [6, 6.07) is 30.2. The van der Waals surface area contributed by atoms with Gasteiger partial charge in [-0.3, -0.25) is 5.01 Å². The third-order valence-corrected chi connectivity index (χ3v) is 4.97. The van der Waals surface area contributed by atoms with Crippen molar-refractivity contribution in [1.82, 2.24) is 9.78 Å². The molecule has 4 aromatic rings. The molecule has 0 unspecified atom stereocenters. The van der Waals surface area contributed by atoms with Crippen LogP contribution in [0.2, 0.25) is 5.15 Å². The highest BCUT2D eigenvalue weighted by Gasteiger charge is 2.14. The van der Waals surface area contributed by atoms with Crippen molar-refractivity contribution in [2.75, 3.05) is 5.01 Å². The van der Waals surface area contributed by atoms with Crippen molar-refractivity contribution in [3.63, 3.8) is 0 Å². The summed E-state index contributed by atoms with van der Waals surface area (Å²) in [5, 5.41) is 11.9. The Balaban J connectivity index is 1.67. The van der Waals surface area contributed by atoms with E-state index in [-0.39, 0.29) is 0 Å². The van der Waals surface area contributed by atoms with Crippen LogP contribution in [0.25, 0.3) is 5.69 Å². The zero-order valence-electron chi connectivity index (χ0n) is 16.1. The van der Waals surface area contributed by atoms with Gasteiger partial charge in [0.15, 0.2) is 0 Å². The minimum absolute atomic E-state index is 0.546. The molecule has 0 atom stereocenters. The highest BCUT2D eigenvalue weighted by Crippen LogP contribution is 2.23. The molecular weight excluding hydrogens is 380 g/mol. The predicted octanol–water partition coefficient (Wildman–Crippen LogP) is 5.87. The number of aryl methyl sites for hydroxylation is 1. The maximum atomic E-state index is 6.64. The van der Waals surface area contributed by atoms with E-state index in [1.165, 1.54) is 5.56 Å². The topological polar surface area (TPSA) is 33.4 Å². The van der Waals surface area contributed by atoms with Crippen LogP contribution < -0.4 is 5.01 Å². The van der Waals surface area contributed by atoms with Crippen LogP contribution in [0.4, 0.5) is 5.69 Å². The van der Waals surface area contributed by atoms with E-state index >= 15 is 0 Å². The number of benzene rings is 3. The zero-order valence-corrected chi connectivity index (χ0v) is 16.9. The highest BCUT2D eigenvalue weighted by atomic mass is 35.5. The van der Waals surface area contributed by atoms with Crippen LogP contribution in [-0.4, -0.2) is 16.0 Å². The summed E-state index contributed by atoms with van der Waals surface area (Å²) < 4.78 is 1.74. The van der Waals surface area contributed by atoms with Gasteiger partial charge in [0.05, 0.1) is 35.4 Å². The van der Waals surface area contributed by atoms with Crippen LogP contribution in [0.3, 0.4) is 0 Å². The first-order valence-electron chi connectivity index (χ1n) is 9.43. The minimum atomic E-state index is 0.546. The number of anilines is 1. The van der Waals surface area contributed by atoms with Gasteiger partial charge in [0.1, 0.15) is 5.15 Å². The maximum absolute atomic E-state index is 6.64. The van der Waals surface area contributed by atoms with Gasteiger partial charge in [0.25, 0.3) is 0 Å². The number of rotatable bonds is 6. The summed E-state index contributed by atoms with van der Waals surface area (Å²) in [7, 11) is 0. The molecule has 0 bridgehead atoms. The molecule has 0 aliphatic heterocycles. The van der Waals surface area contributed by atoms with Crippen LogP contribution in [0.1, 0.15) is 16.8 Å². The summed E-state index contributed by atoms with van der Waals surface area (Å²) in [6.07, 6.45) is 1.79. The Morgan fingerprint density at radius 1 is 0.897 bits per heavy atom. The average molecular weight is 401 g/mol. The molecule has 144 valence electrons. The van der Waals surface area contributed by atoms with E-state index in [4.69, 9.17) is 16.7 Å². The molecule has 4 rings (SSSR count). The molecule has 29 heavy (non-hydrogen) atoms. The zero-order chi connectivity index (χ0) is 20.1. The molecule has 3 aromatic carbocycles. The lowest BCUT2D eigenvalue weighted by Crippen LogP contribution is -2.16. The van der Waals surface area contributed by atoms with E-state index in [9.17, 15) is 0 Å². The molecule has 0 amide bonds. The van der Waals surface area contributed by atoms with Gasteiger partial charge < -0.3 is 0 Å². The van der Waals surface area contributed by atoms with Crippen molar-refractivity contribution in [3.8, 4) is 5.69 Å². The molecule has 0 N–H and O–H groups in total. The number of nitrogens with zero attached hydrogens (tertiary/aromatic N) is 4. The second-order valence-electron chi connectivity index (χ2n) is 6.66. The largest absolute Gasteiger partial charge is 0.261 e. The second kappa shape index (κ2) is 8.76. The first-order valence-corrected chi connectivity index (χ1v) is 9.81. The summed E-state index contributed by atoms with van der Waals surface area (Å²) in [5.74, 6) is 0. The van der Waals surface area contributed by atoms with Crippen LogP contribution >= 0.6 is 11.6 Å². The van der Waals surface area contributed by atoms with Crippen LogP contribution in [0.5, 0.6) is 0 Å². The van der Waals surface area contributed by atoms with Gasteiger partial charge in [0.2, 0.25) is 0 Å². The number of hydrogen-bond donors (Lipinski definition) is 0. The van der Waals surface area contributed by atoms with Crippen molar-refractivity contribution in [2.45, 2.75) is 13.5 Å². The molecule has 1 heterocycles. The van der Waals surface area contributed by atoms with Crippen LogP contribution in [0, 0.1) is 6.92 Å². The fourth-order valence-electron chi connectivity index (χ4n) is 3.08. The van der Waals surface area contributed by atoms with E-state index in [1.54, 1.807) is 10.9 Å². The maximum Gasteiger partial charge on any atom is 0.142 e. The average Bonchev–Trinajstić information content (AvgIpc) is 3.06. The third kappa shape index (κ3) is 4.39. The van der Waals surface area contributed by atoms with Crippen molar-refractivity contribution >= 4 is 23.5 Å². The van der Waals surface area contributed by atoms with E-state index < -0.39 is 0 Å². The number of hydrazone groups is 1. The molecule has 5 heteroatoms. The SMILES string of the molecule is Cc1nn(-c2ccccc2)c(Cl)c1/C=N\N(Cc1ccccc1)c1ccccc1. The fraction of sp³-hybridized carbons (Fsp3) is 0.0833. The first-order chi connectivity index (χ1) is 14.2. The molecule has 0 saturated carbocycles. The van der Waals surface area contributed by atoms with Gasteiger partial charge in [-0.15, -0.1) is 0 Å². The Hall–Kier alpha value is -3.37. The van der Waals surface area contributed by atoms with E-state index in [1.807, 2.05) is 90.8 Å². The first kappa shape index (κ1) is 19.0. The van der Waals surface area contributed by atoms with Gasteiger partial charge in [0, 0.05) is 0 Å². The van der Waals surface area contributed by atoms with Crippen LogP contribution in [-0.2, 0) is 6.54 Å². The van der Waals surface area contributed by atoms with Gasteiger partial charge in [-0.2, -0.15) is 10.2 Å². The van der Waals surface area contributed by atoms with E-state index in [2.05, 4.69) is 17.2 Å². The molecule has 1 aromatic heterocycles. The minimum Gasteiger partial charge on any atom is -0.261 e. The summed E-state index contributed by atoms with van der Waals surface area (Å²) in [5.41, 5.74) is 4.75. The normalized spacial score (nSPS) is 11.1. The number of halogens is 1. The second-order valence-corrected chi connectivity index (χ2v) is 7.02. The lowest BCUT2D eigenvalue weighted by molar-refractivity contribution is 0.858. The van der Waals surface area contributed by atoms with Gasteiger partial charge in [-0.25, -0.2) is 4.68 Å². The molecule has 4 nitrogen and oxygen atoms in total. The standard InChI is InChI=1S/C24H21ClN4/c1-19-23(24(25)29(27-19)22-15-9-4-10-16-22)17-26-28(21-13-7-3-8-14-21)18-20-11-5-2-6-12-20/h2-17H,18H2,1H3/b26-17-. The monoisotopic (exact) mass is 400 g/mol. The number of para-hydroxylation sites is 2. The van der Waals surface area contributed by atoms with Crippen molar-refractivity contribution in [3.05, 3.63) is 113 Å². The molecule has 0 aliphatic carbocycles. The summed E-state index contributed by atoms with van der Waals surface area (Å²) in [6.45, 7) is 2.60. The quantitative estimate of drug-likeness (QED) is 0.299. The smallest absolute Gasteiger partial charge is 0.142 e. The fourth-order valence-corrected chi connectivity index (χ4v) is 3.40. The Morgan fingerprint density at radius 3 is 2.14 bits per heavy atom. The molecule has 0 aliphatic rings.